The molecule has 1 amide bonds. The van der Waals surface area contributed by atoms with Crippen molar-refractivity contribution in [1.82, 2.24) is 15.6 Å². The maximum absolute atomic E-state index is 13.3. The van der Waals surface area contributed by atoms with Gasteiger partial charge >= 0.3 is 0 Å². The van der Waals surface area contributed by atoms with Crippen LogP contribution in [0.15, 0.2) is 53.7 Å². The van der Waals surface area contributed by atoms with Crippen LogP contribution in [0.25, 0.3) is 10.9 Å². The number of aryl methyl sites for hydroxylation is 1. The number of fused-ring (bicyclic) bond motifs is 1. The van der Waals surface area contributed by atoms with Crippen LogP contribution in [0, 0.1) is 5.82 Å². The molecule has 0 spiro atoms. The van der Waals surface area contributed by atoms with E-state index in [1.807, 2.05) is 30.5 Å². The number of benzene rings is 2. The molecule has 4 N–H and O–H groups in total. The molecule has 0 fully saturated rings. The molecule has 0 aliphatic heterocycles. The Bertz CT molecular complexity index is 1020. The number of nitrogens with zero attached hydrogens (tertiary/aromatic N) is 1. The van der Waals surface area contributed by atoms with Crippen LogP contribution in [0.1, 0.15) is 18.1 Å². The predicted molar refractivity (Wildman–Crippen MR) is 131 cm³/mol. The third-order valence-corrected chi connectivity index (χ3v) is 4.68. The van der Waals surface area contributed by atoms with Crippen LogP contribution in [0.4, 0.5) is 10.1 Å². The van der Waals surface area contributed by atoms with Gasteiger partial charge in [-0.15, -0.1) is 24.0 Å². The smallest absolute Gasteiger partial charge is 0.243 e. The fraction of sp³-hybridized carbons (Fsp3) is 0.273. The Morgan fingerprint density at radius 2 is 2.00 bits per heavy atom. The van der Waals surface area contributed by atoms with Crippen molar-refractivity contribution in [3.05, 3.63) is 65.6 Å². The van der Waals surface area contributed by atoms with Crippen molar-refractivity contribution >= 4 is 52.4 Å². The second kappa shape index (κ2) is 11.5. The van der Waals surface area contributed by atoms with E-state index in [9.17, 15) is 9.18 Å². The monoisotopic (exact) mass is 523 g/mol. The summed E-state index contributed by atoms with van der Waals surface area (Å²) >= 11 is 0. The number of halogens is 2. The van der Waals surface area contributed by atoms with Gasteiger partial charge in [-0.3, -0.25) is 9.79 Å². The van der Waals surface area contributed by atoms with E-state index in [1.54, 1.807) is 13.1 Å². The molecule has 0 saturated carbocycles. The summed E-state index contributed by atoms with van der Waals surface area (Å²) in [7, 11) is 1.66. The van der Waals surface area contributed by atoms with Gasteiger partial charge in [0.2, 0.25) is 5.91 Å². The van der Waals surface area contributed by atoms with E-state index >= 15 is 0 Å². The maximum atomic E-state index is 13.3. The molecule has 0 unspecified atom stereocenters. The molecule has 3 rings (SSSR count). The highest BCUT2D eigenvalue weighted by molar-refractivity contribution is 14.0. The summed E-state index contributed by atoms with van der Waals surface area (Å²) in [6.45, 7) is 2.82. The number of nitrogens with one attached hydrogen (secondary N) is 4. The Kier molecular flexibility index (Phi) is 9.10. The van der Waals surface area contributed by atoms with Gasteiger partial charge in [-0.25, -0.2) is 4.39 Å². The summed E-state index contributed by atoms with van der Waals surface area (Å²) in [6, 6.07) is 12.5. The van der Waals surface area contributed by atoms with Gasteiger partial charge in [0.25, 0.3) is 0 Å². The quantitative estimate of drug-likeness (QED) is 0.216. The van der Waals surface area contributed by atoms with Crippen molar-refractivity contribution in [3.63, 3.8) is 0 Å². The minimum atomic E-state index is -0.256. The molecule has 3 aromatic rings. The number of aliphatic imine (C=N–C) groups is 1. The first kappa shape index (κ1) is 23.7. The van der Waals surface area contributed by atoms with Gasteiger partial charge in [0.15, 0.2) is 5.96 Å². The van der Waals surface area contributed by atoms with Crippen LogP contribution in [0.2, 0.25) is 0 Å². The van der Waals surface area contributed by atoms with Gasteiger partial charge in [-0.2, -0.15) is 0 Å². The summed E-state index contributed by atoms with van der Waals surface area (Å²) < 4.78 is 13.3. The van der Waals surface area contributed by atoms with Crippen LogP contribution < -0.4 is 16.0 Å². The number of rotatable bonds is 7. The molecule has 6 nitrogen and oxygen atoms in total. The van der Waals surface area contributed by atoms with Crippen LogP contribution >= 0.6 is 24.0 Å². The first-order valence-corrected chi connectivity index (χ1v) is 9.68. The molecule has 0 aliphatic carbocycles. The molecule has 0 saturated heterocycles. The first-order chi connectivity index (χ1) is 14.1. The van der Waals surface area contributed by atoms with E-state index in [0.29, 0.717) is 12.5 Å². The third kappa shape index (κ3) is 6.45. The predicted octanol–water partition coefficient (Wildman–Crippen LogP) is 3.83. The Balaban J connectivity index is 0.00000320. The number of hydrogen-bond acceptors (Lipinski definition) is 2. The number of hydrogen-bond donors (Lipinski definition) is 4. The zero-order valence-electron chi connectivity index (χ0n) is 17.1. The minimum Gasteiger partial charge on any atom is -0.361 e. The van der Waals surface area contributed by atoms with E-state index in [0.717, 1.165) is 35.0 Å². The lowest BCUT2D eigenvalue weighted by molar-refractivity contribution is -0.115. The summed E-state index contributed by atoms with van der Waals surface area (Å²) in [5.74, 6) is 0.154. The minimum absolute atomic E-state index is 0. The van der Waals surface area contributed by atoms with Gasteiger partial charge in [0, 0.05) is 36.4 Å². The van der Waals surface area contributed by atoms with Crippen LogP contribution in [-0.4, -0.2) is 37.0 Å². The second-order valence-electron chi connectivity index (χ2n) is 6.71. The molecule has 1 aromatic heterocycles. The fourth-order valence-electron chi connectivity index (χ4n) is 3.14. The third-order valence-electron chi connectivity index (χ3n) is 4.68. The Hall–Kier alpha value is -2.62. The molecule has 1 heterocycles. The average Bonchev–Trinajstić information content (AvgIpc) is 3.12. The molecule has 8 heteroatoms. The van der Waals surface area contributed by atoms with Crippen molar-refractivity contribution in [2.75, 3.05) is 25.5 Å². The number of aromatic amines is 1. The van der Waals surface area contributed by atoms with Gasteiger partial charge < -0.3 is 20.9 Å². The Labute approximate surface area is 192 Å². The molecule has 30 heavy (non-hydrogen) atoms. The molecule has 0 radical (unpaired) electrons. The van der Waals surface area contributed by atoms with E-state index in [1.165, 1.54) is 17.7 Å². The molecular weight excluding hydrogens is 496 g/mol. The molecule has 0 aliphatic rings. The standard InChI is InChI=1S/C22H26FN5O.HI/c1-3-15-5-4-6-18(11-15)28-21(29)14-27-22(24-2)25-10-9-16-13-26-20-12-17(23)7-8-19(16)20;/h4-8,11-13,26H,3,9-10,14H2,1-2H3,(H,28,29)(H2,24,25,27);1H. The van der Waals surface area contributed by atoms with Crippen molar-refractivity contribution in [3.8, 4) is 0 Å². The summed E-state index contributed by atoms with van der Waals surface area (Å²) in [6.07, 6.45) is 3.55. The fourth-order valence-corrected chi connectivity index (χ4v) is 3.14. The average molecular weight is 523 g/mol. The highest BCUT2D eigenvalue weighted by Crippen LogP contribution is 2.19. The van der Waals surface area contributed by atoms with Crippen molar-refractivity contribution in [1.29, 1.82) is 0 Å². The largest absolute Gasteiger partial charge is 0.361 e. The SMILES string of the molecule is CCc1cccc(NC(=O)CNC(=NC)NCCc2c[nH]c3cc(F)ccc23)c1.I. The topological polar surface area (TPSA) is 81.3 Å². The second-order valence-corrected chi connectivity index (χ2v) is 6.71. The first-order valence-electron chi connectivity index (χ1n) is 9.68. The normalized spacial score (nSPS) is 11.1. The van der Waals surface area contributed by atoms with Crippen molar-refractivity contribution in [2.45, 2.75) is 19.8 Å². The lowest BCUT2D eigenvalue weighted by atomic mass is 10.1. The van der Waals surface area contributed by atoms with Crippen molar-refractivity contribution in [2.24, 2.45) is 4.99 Å². The van der Waals surface area contributed by atoms with Crippen LogP contribution in [0.3, 0.4) is 0 Å². The Morgan fingerprint density at radius 1 is 1.17 bits per heavy atom. The van der Waals surface area contributed by atoms with Crippen LogP contribution in [0.5, 0.6) is 0 Å². The molecule has 0 atom stereocenters. The van der Waals surface area contributed by atoms with Gasteiger partial charge in [-0.05, 0) is 54.3 Å². The number of aromatic nitrogens is 1. The summed E-state index contributed by atoms with van der Waals surface area (Å²) in [5, 5.41) is 10.1. The van der Waals surface area contributed by atoms with Crippen LogP contribution in [-0.2, 0) is 17.6 Å². The number of H-pyrrole nitrogens is 1. The number of carbonyl (C=O) groups excluding carboxylic acids is 1. The number of guanidine groups is 1. The lowest BCUT2D eigenvalue weighted by Gasteiger charge is -2.12. The Morgan fingerprint density at radius 3 is 2.77 bits per heavy atom. The van der Waals surface area contributed by atoms with E-state index in [2.05, 4.69) is 32.9 Å². The molecule has 0 bridgehead atoms. The maximum Gasteiger partial charge on any atom is 0.243 e. The number of anilines is 1. The molecular formula is C22H27FIN5O. The highest BCUT2D eigenvalue weighted by Gasteiger charge is 2.07. The molecule has 160 valence electrons. The van der Waals surface area contributed by atoms with Gasteiger partial charge in [0.05, 0.1) is 6.54 Å². The van der Waals surface area contributed by atoms with E-state index in [4.69, 9.17) is 0 Å². The zero-order chi connectivity index (χ0) is 20.6. The number of carbonyl (C=O) groups is 1. The van der Waals surface area contributed by atoms with Crippen molar-refractivity contribution < 1.29 is 9.18 Å². The highest BCUT2D eigenvalue weighted by atomic mass is 127. The summed E-state index contributed by atoms with van der Waals surface area (Å²) in [4.78, 5) is 19.4. The van der Waals surface area contributed by atoms with E-state index < -0.39 is 0 Å². The molecule has 2 aromatic carbocycles. The van der Waals surface area contributed by atoms with E-state index in [-0.39, 0.29) is 42.2 Å². The van der Waals surface area contributed by atoms with Gasteiger partial charge in [0.1, 0.15) is 5.82 Å². The number of amides is 1. The lowest BCUT2D eigenvalue weighted by Crippen LogP contribution is -2.42. The van der Waals surface area contributed by atoms with Gasteiger partial charge in [-0.1, -0.05) is 19.1 Å². The summed E-state index contributed by atoms with van der Waals surface area (Å²) in [5.41, 5.74) is 3.84. The zero-order valence-corrected chi connectivity index (χ0v) is 19.4.